The number of hydrogen-bond acceptors (Lipinski definition) is 8. The summed E-state index contributed by atoms with van der Waals surface area (Å²) < 4.78 is 38.8. The zero-order valence-corrected chi connectivity index (χ0v) is 26.8. The van der Waals surface area contributed by atoms with Crippen LogP contribution in [0.25, 0.3) is 32.8 Å². The molecule has 2 aliphatic heterocycles. The maximum Gasteiger partial charge on any atom is 0.319 e. The highest BCUT2D eigenvalue weighted by atomic mass is 19.1. The number of benzene rings is 3. The second-order valence-electron chi connectivity index (χ2n) is 14.4. The molecule has 4 bridgehead atoms. The van der Waals surface area contributed by atoms with Crippen molar-refractivity contribution < 1.29 is 18.3 Å². The molecule has 244 valence electrons. The fourth-order valence-electron chi connectivity index (χ4n) is 8.67. The van der Waals surface area contributed by atoms with Crippen molar-refractivity contribution in [1.82, 2.24) is 15.3 Å². The van der Waals surface area contributed by atoms with E-state index in [-0.39, 0.29) is 62.5 Å². The van der Waals surface area contributed by atoms with Gasteiger partial charge >= 0.3 is 6.01 Å². The molecule has 3 saturated carbocycles. The molecule has 5 aliphatic rings. The van der Waals surface area contributed by atoms with Crippen LogP contribution in [0.15, 0.2) is 30.3 Å². The number of aromatic nitrogens is 2. The lowest BCUT2D eigenvalue weighted by atomic mass is 9.54. The van der Waals surface area contributed by atoms with Gasteiger partial charge in [-0.15, -0.1) is 6.42 Å². The molecule has 10 heteroatoms. The molecule has 48 heavy (non-hydrogen) atoms. The Kier molecular flexibility index (Phi) is 7.08. The number of fused-ring (bicyclic) bond motifs is 7. The number of ketones is 1. The highest BCUT2D eigenvalue weighted by molar-refractivity contribution is 6.12. The lowest BCUT2D eigenvalue weighted by Crippen LogP contribution is -2.51. The van der Waals surface area contributed by atoms with Crippen molar-refractivity contribution in [3.8, 4) is 35.6 Å². The first-order valence-corrected chi connectivity index (χ1v) is 16.7. The number of nitrogens with zero attached hydrogens (tertiary/aromatic N) is 4. The maximum atomic E-state index is 17.3. The van der Waals surface area contributed by atoms with E-state index < -0.39 is 11.6 Å². The quantitative estimate of drug-likeness (QED) is 0.135. The predicted molar refractivity (Wildman–Crippen MR) is 181 cm³/mol. The summed E-state index contributed by atoms with van der Waals surface area (Å²) in [6.45, 7) is 3.09. The van der Waals surface area contributed by atoms with Crippen molar-refractivity contribution in [2.75, 3.05) is 30.3 Å². The van der Waals surface area contributed by atoms with Gasteiger partial charge in [-0.1, -0.05) is 12.0 Å². The molecule has 3 aromatic carbocycles. The van der Waals surface area contributed by atoms with Gasteiger partial charge in [-0.2, -0.15) is 15.2 Å². The van der Waals surface area contributed by atoms with Crippen LogP contribution in [0, 0.1) is 46.1 Å². The third-order valence-electron chi connectivity index (χ3n) is 11.4. The number of ether oxygens (including phenoxy) is 1. The second-order valence-corrected chi connectivity index (χ2v) is 14.4. The Morgan fingerprint density at radius 3 is 2.46 bits per heavy atom. The summed E-state index contributed by atoms with van der Waals surface area (Å²) >= 11 is 0. The molecule has 5 fully saturated rings. The van der Waals surface area contributed by atoms with Crippen LogP contribution in [-0.2, 0) is 0 Å². The summed E-state index contributed by atoms with van der Waals surface area (Å²) in [5.74, 6) is 1.16. The van der Waals surface area contributed by atoms with Crippen molar-refractivity contribution >= 4 is 39.0 Å². The minimum atomic E-state index is -0.754. The van der Waals surface area contributed by atoms with Gasteiger partial charge in [-0.05, 0) is 93.5 Å². The molecule has 2 saturated heterocycles. The lowest BCUT2D eigenvalue weighted by Gasteiger charge is -2.49. The molecule has 3 aliphatic carbocycles. The van der Waals surface area contributed by atoms with Crippen molar-refractivity contribution in [1.29, 1.82) is 5.26 Å². The molecule has 9 rings (SSSR count). The van der Waals surface area contributed by atoms with Crippen molar-refractivity contribution in [3.63, 3.8) is 0 Å². The Morgan fingerprint density at radius 2 is 1.81 bits per heavy atom. The Balaban J connectivity index is 1.31. The van der Waals surface area contributed by atoms with Gasteiger partial charge in [0.2, 0.25) is 0 Å². The monoisotopic (exact) mass is 646 g/mol. The fourth-order valence-corrected chi connectivity index (χ4v) is 8.67. The van der Waals surface area contributed by atoms with Crippen molar-refractivity contribution in [3.05, 3.63) is 53.1 Å². The van der Waals surface area contributed by atoms with E-state index in [0.29, 0.717) is 47.4 Å². The summed E-state index contributed by atoms with van der Waals surface area (Å²) in [5, 5.41) is 14.6. The van der Waals surface area contributed by atoms with Crippen LogP contribution in [0.1, 0.15) is 74.2 Å². The second kappa shape index (κ2) is 11.1. The van der Waals surface area contributed by atoms with E-state index in [1.165, 1.54) is 19.1 Å². The third-order valence-corrected chi connectivity index (χ3v) is 11.4. The van der Waals surface area contributed by atoms with Crippen LogP contribution in [0.4, 0.5) is 20.3 Å². The largest absolute Gasteiger partial charge is 0.463 e. The van der Waals surface area contributed by atoms with E-state index in [4.69, 9.17) is 21.9 Å². The number of rotatable bonds is 6. The first-order chi connectivity index (χ1) is 23.1. The maximum absolute atomic E-state index is 17.3. The Bertz CT molecular complexity index is 2080. The summed E-state index contributed by atoms with van der Waals surface area (Å²) in [7, 11) is 0. The van der Waals surface area contributed by atoms with Crippen LogP contribution in [0.5, 0.6) is 6.01 Å². The zero-order valence-electron chi connectivity index (χ0n) is 26.8. The van der Waals surface area contributed by atoms with Crippen LogP contribution in [-0.4, -0.2) is 47.5 Å². The molecule has 3 heterocycles. The molecule has 0 amide bonds. The number of anilines is 2. The number of hydrogen-bond donors (Lipinski definition) is 2. The number of terminal acetylenes is 1. The first-order valence-electron chi connectivity index (χ1n) is 16.7. The molecule has 0 spiro atoms. The number of Topliss-reactive ketones (excluding diaryl/α,β-unsaturated/α-hetero) is 1. The molecule has 2 atom stereocenters. The van der Waals surface area contributed by atoms with E-state index in [1.807, 2.05) is 0 Å². The first kappa shape index (κ1) is 30.5. The lowest BCUT2D eigenvalue weighted by molar-refractivity contribution is -0.0113. The SMILES string of the molecule is C#Cc1c(F)ccc2cc(N)cc(-c3c(C(C)=O)cc4c(N5C[C@H]6CC[C@@H](C5)N6)nc(OCC56CCC(C#N)(CC5)CC6)nc4c3F)c12. The Hall–Kier alpha value is -4.80. The molecular formula is C38H36F2N6O2. The normalized spacial score (nSPS) is 26.1. The Labute approximate surface area is 277 Å². The van der Waals surface area contributed by atoms with Crippen LogP contribution in [0.3, 0.4) is 0 Å². The average Bonchev–Trinajstić information content (AvgIpc) is 3.44. The van der Waals surface area contributed by atoms with E-state index in [1.54, 1.807) is 18.2 Å². The smallest absolute Gasteiger partial charge is 0.319 e. The van der Waals surface area contributed by atoms with Gasteiger partial charge in [-0.3, -0.25) is 4.79 Å². The topological polar surface area (TPSA) is 117 Å². The number of nitriles is 1. The molecule has 0 unspecified atom stereocenters. The van der Waals surface area contributed by atoms with E-state index in [9.17, 15) is 10.1 Å². The average molecular weight is 647 g/mol. The van der Waals surface area contributed by atoms with Gasteiger partial charge < -0.3 is 20.7 Å². The van der Waals surface area contributed by atoms with Gasteiger partial charge in [0.05, 0.1) is 23.7 Å². The number of halogens is 2. The van der Waals surface area contributed by atoms with E-state index >= 15 is 8.78 Å². The number of carbonyl (C=O) groups is 1. The molecule has 3 N–H and O–H groups in total. The molecular weight excluding hydrogens is 610 g/mol. The third kappa shape index (κ3) is 4.85. The minimum absolute atomic E-state index is 0.00315. The molecule has 0 radical (unpaired) electrons. The van der Waals surface area contributed by atoms with Crippen LogP contribution >= 0.6 is 0 Å². The Morgan fingerprint density at radius 1 is 1.10 bits per heavy atom. The highest BCUT2D eigenvalue weighted by Gasteiger charge is 2.49. The zero-order chi connectivity index (χ0) is 33.4. The predicted octanol–water partition coefficient (Wildman–Crippen LogP) is 6.68. The van der Waals surface area contributed by atoms with Crippen molar-refractivity contribution in [2.45, 2.75) is 70.4 Å². The number of carbonyl (C=O) groups excluding carboxylic acids is 1. The molecule has 8 nitrogen and oxygen atoms in total. The number of piperazine rings is 1. The molecule has 4 aromatic rings. The summed E-state index contributed by atoms with van der Waals surface area (Å²) in [6, 6.07) is 10.8. The number of nitrogens with one attached hydrogen (secondary N) is 1. The van der Waals surface area contributed by atoms with Gasteiger partial charge in [-0.25, -0.2) is 8.78 Å². The summed E-state index contributed by atoms with van der Waals surface area (Å²) in [5.41, 5.74) is 6.52. The van der Waals surface area contributed by atoms with Gasteiger partial charge in [0.25, 0.3) is 0 Å². The van der Waals surface area contributed by atoms with E-state index in [2.05, 4.69) is 27.2 Å². The van der Waals surface area contributed by atoms with Gasteiger partial charge in [0.15, 0.2) is 11.6 Å². The summed E-state index contributed by atoms with van der Waals surface area (Å²) in [6.07, 6.45) is 13.0. The summed E-state index contributed by atoms with van der Waals surface area (Å²) in [4.78, 5) is 25.0. The van der Waals surface area contributed by atoms with Crippen LogP contribution in [0.2, 0.25) is 0 Å². The van der Waals surface area contributed by atoms with Crippen LogP contribution < -0.4 is 20.7 Å². The van der Waals surface area contributed by atoms with Gasteiger partial charge in [0.1, 0.15) is 17.2 Å². The van der Waals surface area contributed by atoms with E-state index in [0.717, 1.165) is 51.4 Å². The number of nitrogens with two attached hydrogens (primary N) is 1. The van der Waals surface area contributed by atoms with Gasteiger partial charge in [0, 0.05) is 58.2 Å². The minimum Gasteiger partial charge on any atom is -0.463 e. The highest BCUT2D eigenvalue weighted by Crippen LogP contribution is 2.56. The number of nitrogen functional groups attached to an aromatic ring is 1. The molecule has 1 aromatic heterocycles. The standard InChI is InChI=1S/C38H36F2N6O2/c1-3-26-30(39)7-4-22-14-23(42)15-28(31(22)26)32-27(21(2)47)16-29-34(33(32)40)44-36(45-35(29)46-17-24-5-6-25(18-46)43-24)48-20-38-11-8-37(19-41,9-12-38)10-13-38/h1,4,7,14-16,24-25,43H,5-6,8-13,17-18,20,42H2,2H3/t24-,25+,37?,38?. The fraction of sp³-hybridized carbons (Fsp3) is 0.421. The van der Waals surface area contributed by atoms with Crippen molar-refractivity contribution in [2.24, 2.45) is 10.8 Å².